The summed E-state index contributed by atoms with van der Waals surface area (Å²) in [5.74, 6) is -0.221. The second kappa shape index (κ2) is 4.78. The summed E-state index contributed by atoms with van der Waals surface area (Å²) in [5.41, 5.74) is -0.615. The van der Waals surface area contributed by atoms with Crippen LogP contribution in [0.15, 0.2) is 0 Å². The second-order valence-electron chi connectivity index (χ2n) is 4.80. The molecule has 0 saturated carbocycles. The summed E-state index contributed by atoms with van der Waals surface area (Å²) in [6.07, 6.45) is 0.737. The summed E-state index contributed by atoms with van der Waals surface area (Å²) >= 11 is 0. The van der Waals surface area contributed by atoms with Gasteiger partial charge in [-0.05, 0) is 18.8 Å². The van der Waals surface area contributed by atoms with Crippen LogP contribution in [0.5, 0.6) is 0 Å². The van der Waals surface area contributed by atoms with Gasteiger partial charge in [0.2, 0.25) is 0 Å². The van der Waals surface area contributed by atoms with E-state index in [1.165, 1.54) is 0 Å². The number of aliphatic hydroxyl groups is 1. The maximum absolute atomic E-state index is 11.8. The van der Waals surface area contributed by atoms with E-state index in [4.69, 9.17) is 9.84 Å². The topological polar surface area (TPSA) is 46.5 Å². The van der Waals surface area contributed by atoms with Gasteiger partial charge in [0.15, 0.2) is 0 Å². The van der Waals surface area contributed by atoms with Crippen molar-refractivity contribution in [2.45, 2.75) is 41.0 Å². The van der Waals surface area contributed by atoms with E-state index in [2.05, 4.69) is 0 Å². The van der Waals surface area contributed by atoms with E-state index in [1.54, 1.807) is 0 Å². The number of hydrogen-bond donors (Lipinski definition) is 1. The van der Waals surface area contributed by atoms with Crippen LogP contribution in [0.1, 0.15) is 41.0 Å². The van der Waals surface area contributed by atoms with Crippen LogP contribution in [0.25, 0.3) is 0 Å². The molecule has 0 saturated heterocycles. The van der Waals surface area contributed by atoms with Crippen LogP contribution in [0, 0.1) is 10.8 Å². The lowest BCUT2D eigenvalue weighted by Gasteiger charge is -2.38. The second-order valence-corrected chi connectivity index (χ2v) is 4.80. The number of aliphatic hydroxyl groups excluding tert-OH is 1. The van der Waals surface area contributed by atoms with Crippen molar-refractivity contribution in [2.24, 2.45) is 10.8 Å². The molecule has 1 unspecified atom stereocenters. The Labute approximate surface area is 86.5 Å². The normalized spacial score (nSPS) is 16.1. The van der Waals surface area contributed by atoms with Crippen molar-refractivity contribution in [3.05, 3.63) is 0 Å². The predicted molar refractivity (Wildman–Crippen MR) is 55.9 cm³/mol. The highest BCUT2D eigenvalue weighted by atomic mass is 16.5. The fraction of sp³-hybridized carbons (Fsp3) is 0.909. The Morgan fingerprint density at radius 2 is 1.79 bits per heavy atom. The first kappa shape index (κ1) is 13.4. The van der Waals surface area contributed by atoms with E-state index in [9.17, 15) is 4.79 Å². The molecule has 0 amide bonds. The van der Waals surface area contributed by atoms with Gasteiger partial charge in [-0.2, -0.15) is 0 Å². The SMILES string of the molecule is CCC(C)(C(=O)OCCO)C(C)(C)C. The van der Waals surface area contributed by atoms with E-state index in [1.807, 2.05) is 34.6 Å². The van der Waals surface area contributed by atoms with Gasteiger partial charge in [-0.3, -0.25) is 4.79 Å². The summed E-state index contributed by atoms with van der Waals surface area (Å²) in [4.78, 5) is 11.8. The standard InChI is InChI=1S/C11H22O3/c1-6-11(5,10(2,3)4)9(13)14-8-7-12/h12H,6-8H2,1-5H3. The minimum Gasteiger partial charge on any atom is -0.463 e. The third-order valence-corrected chi connectivity index (χ3v) is 3.14. The number of carbonyl (C=O) groups excluding carboxylic acids is 1. The highest BCUT2D eigenvalue weighted by Crippen LogP contribution is 2.42. The molecule has 0 aromatic carbocycles. The van der Waals surface area contributed by atoms with Crippen LogP contribution in [0.4, 0.5) is 0 Å². The summed E-state index contributed by atoms with van der Waals surface area (Å²) in [5, 5.41) is 8.58. The van der Waals surface area contributed by atoms with Crippen molar-refractivity contribution in [1.82, 2.24) is 0 Å². The Kier molecular flexibility index (Phi) is 4.59. The number of hydrogen-bond acceptors (Lipinski definition) is 3. The molecule has 0 bridgehead atoms. The molecule has 84 valence electrons. The van der Waals surface area contributed by atoms with Crippen molar-refractivity contribution in [3.8, 4) is 0 Å². The Morgan fingerprint density at radius 3 is 2.07 bits per heavy atom. The molecule has 0 aromatic heterocycles. The minimum absolute atomic E-state index is 0.0878. The van der Waals surface area contributed by atoms with Gasteiger partial charge < -0.3 is 9.84 Å². The van der Waals surface area contributed by atoms with Crippen LogP contribution in [-0.4, -0.2) is 24.3 Å². The largest absolute Gasteiger partial charge is 0.463 e. The maximum Gasteiger partial charge on any atom is 0.312 e. The summed E-state index contributed by atoms with van der Waals surface area (Å²) in [6.45, 7) is 9.93. The Bertz CT molecular complexity index is 193. The smallest absolute Gasteiger partial charge is 0.312 e. The number of esters is 1. The van der Waals surface area contributed by atoms with Crippen LogP contribution in [-0.2, 0) is 9.53 Å². The van der Waals surface area contributed by atoms with E-state index < -0.39 is 5.41 Å². The van der Waals surface area contributed by atoms with Gasteiger partial charge in [-0.25, -0.2) is 0 Å². The Morgan fingerprint density at radius 1 is 1.29 bits per heavy atom. The average molecular weight is 202 g/mol. The van der Waals surface area contributed by atoms with Gasteiger partial charge in [-0.15, -0.1) is 0 Å². The minimum atomic E-state index is -0.484. The zero-order chi connectivity index (χ0) is 11.4. The Balaban J connectivity index is 4.61. The van der Waals surface area contributed by atoms with E-state index >= 15 is 0 Å². The third-order valence-electron chi connectivity index (χ3n) is 3.14. The van der Waals surface area contributed by atoms with Gasteiger partial charge in [0, 0.05) is 0 Å². The fourth-order valence-corrected chi connectivity index (χ4v) is 1.28. The molecule has 0 aliphatic carbocycles. The van der Waals surface area contributed by atoms with Crippen molar-refractivity contribution >= 4 is 5.97 Å². The van der Waals surface area contributed by atoms with Crippen molar-refractivity contribution in [3.63, 3.8) is 0 Å². The van der Waals surface area contributed by atoms with Gasteiger partial charge >= 0.3 is 5.97 Å². The first-order valence-electron chi connectivity index (χ1n) is 5.07. The lowest BCUT2D eigenvalue weighted by molar-refractivity contribution is -0.163. The molecule has 0 fully saturated rings. The molecule has 0 heterocycles. The quantitative estimate of drug-likeness (QED) is 0.709. The Hall–Kier alpha value is -0.570. The maximum atomic E-state index is 11.8. The van der Waals surface area contributed by atoms with E-state index in [0.717, 1.165) is 6.42 Å². The van der Waals surface area contributed by atoms with Crippen molar-refractivity contribution < 1.29 is 14.6 Å². The number of carbonyl (C=O) groups is 1. The molecule has 0 spiro atoms. The lowest BCUT2D eigenvalue weighted by atomic mass is 9.66. The van der Waals surface area contributed by atoms with E-state index in [-0.39, 0.29) is 24.6 Å². The van der Waals surface area contributed by atoms with Gasteiger partial charge in [0.25, 0.3) is 0 Å². The summed E-state index contributed by atoms with van der Waals surface area (Å²) in [6, 6.07) is 0. The molecule has 3 nitrogen and oxygen atoms in total. The number of ether oxygens (including phenoxy) is 1. The molecule has 1 atom stereocenters. The van der Waals surface area contributed by atoms with Crippen LogP contribution in [0.3, 0.4) is 0 Å². The van der Waals surface area contributed by atoms with E-state index in [0.29, 0.717) is 0 Å². The fourth-order valence-electron chi connectivity index (χ4n) is 1.28. The predicted octanol–water partition coefficient (Wildman–Crippen LogP) is 1.98. The highest BCUT2D eigenvalue weighted by molar-refractivity contribution is 5.77. The number of rotatable bonds is 4. The molecule has 1 N–H and O–H groups in total. The molecule has 14 heavy (non-hydrogen) atoms. The first-order valence-corrected chi connectivity index (χ1v) is 5.07. The van der Waals surface area contributed by atoms with Gasteiger partial charge in [0.1, 0.15) is 6.61 Å². The van der Waals surface area contributed by atoms with Crippen LogP contribution >= 0.6 is 0 Å². The monoisotopic (exact) mass is 202 g/mol. The zero-order valence-electron chi connectivity index (χ0n) is 9.89. The molecular weight excluding hydrogens is 180 g/mol. The van der Waals surface area contributed by atoms with Gasteiger partial charge in [0.05, 0.1) is 12.0 Å². The van der Waals surface area contributed by atoms with Crippen molar-refractivity contribution in [2.75, 3.05) is 13.2 Å². The van der Waals surface area contributed by atoms with Crippen LogP contribution in [0.2, 0.25) is 0 Å². The molecule has 3 heteroatoms. The molecule has 0 aromatic rings. The lowest BCUT2D eigenvalue weighted by Crippen LogP contribution is -2.41. The third kappa shape index (κ3) is 2.71. The average Bonchev–Trinajstić information content (AvgIpc) is 2.10. The van der Waals surface area contributed by atoms with Crippen LogP contribution < -0.4 is 0 Å². The van der Waals surface area contributed by atoms with Crippen molar-refractivity contribution in [1.29, 1.82) is 0 Å². The first-order chi connectivity index (χ1) is 6.29. The zero-order valence-corrected chi connectivity index (χ0v) is 9.89. The molecule has 0 rings (SSSR count). The molecule has 0 radical (unpaired) electrons. The van der Waals surface area contributed by atoms with Gasteiger partial charge in [-0.1, -0.05) is 27.7 Å². The molecular formula is C11H22O3. The highest BCUT2D eigenvalue weighted by Gasteiger charge is 2.43. The molecule has 0 aliphatic heterocycles. The summed E-state index contributed by atoms with van der Waals surface area (Å²) < 4.78 is 4.98. The summed E-state index contributed by atoms with van der Waals surface area (Å²) in [7, 11) is 0. The molecule has 0 aliphatic rings.